The van der Waals surface area contributed by atoms with Gasteiger partial charge in [0.15, 0.2) is 0 Å². The van der Waals surface area contributed by atoms with E-state index in [9.17, 15) is 9.18 Å². The van der Waals surface area contributed by atoms with E-state index in [-0.39, 0.29) is 0 Å². The highest BCUT2D eigenvalue weighted by molar-refractivity contribution is 5.83. The molecule has 15 heavy (non-hydrogen) atoms. The van der Waals surface area contributed by atoms with E-state index in [0.29, 0.717) is 11.2 Å². The minimum Gasteiger partial charge on any atom is -0.478 e. The Morgan fingerprint density at radius 2 is 2.13 bits per heavy atom. The van der Waals surface area contributed by atoms with Crippen molar-refractivity contribution in [2.24, 2.45) is 0 Å². The number of rotatable bonds is 2. The van der Waals surface area contributed by atoms with Crippen LogP contribution in [0.4, 0.5) is 4.39 Å². The maximum Gasteiger partial charge on any atom is 0.359 e. The third-order valence-electron chi connectivity index (χ3n) is 2.37. The summed E-state index contributed by atoms with van der Waals surface area (Å²) in [6.07, 6.45) is -2.02. The van der Waals surface area contributed by atoms with Crippen LogP contribution in [0.5, 0.6) is 0 Å². The van der Waals surface area contributed by atoms with Gasteiger partial charge in [-0.3, -0.25) is 0 Å². The van der Waals surface area contributed by atoms with E-state index in [4.69, 9.17) is 5.11 Å². The van der Waals surface area contributed by atoms with Gasteiger partial charge in [-0.15, -0.1) is 0 Å². The number of halogens is 1. The lowest BCUT2D eigenvalue weighted by molar-refractivity contribution is -0.146. The molecule has 1 atom stereocenters. The minimum atomic E-state index is -2.02. The van der Waals surface area contributed by atoms with Crippen molar-refractivity contribution in [1.82, 2.24) is 4.57 Å². The Morgan fingerprint density at radius 3 is 2.80 bits per heavy atom. The zero-order valence-corrected chi connectivity index (χ0v) is 8.14. The molecule has 2 rings (SSSR count). The lowest BCUT2D eigenvalue weighted by Gasteiger charge is -2.09. The van der Waals surface area contributed by atoms with Gasteiger partial charge in [-0.05, 0) is 24.4 Å². The molecule has 2 aromatic rings. The van der Waals surface area contributed by atoms with Gasteiger partial charge in [0.1, 0.15) is 0 Å². The molecule has 1 unspecified atom stereocenters. The molecule has 4 heteroatoms. The normalized spacial score (nSPS) is 12.9. The van der Waals surface area contributed by atoms with E-state index in [2.05, 4.69) is 0 Å². The predicted molar refractivity (Wildman–Crippen MR) is 54.5 cm³/mol. The number of hydrogen-bond acceptors (Lipinski definition) is 1. The van der Waals surface area contributed by atoms with Crippen LogP contribution in [0.15, 0.2) is 30.3 Å². The fourth-order valence-corrected chi connectivity index (χ4v) is 1.72. The zero-order valence-electron chi connectivity index (χ0n) is 8.14. The van der Waals surface area contributed by atoms with Crippen LogP contribution in [0, 0.1) is 6.92 Å². The predicted octanol–water partition coefficient (Wildman–Crippen LogP) is 2.50. The number of benzene rings is 1. The SMILES string of the molecule is Cc1cc2ccccc2n1C(F)C(=O)O. The largest absolute Gasteiger partial charge is 0.478 e. The number of hydrogen-bond donors (Lipinski definition) is 1. The van der Waals surface area contributed by atoms with Gasteiger partial charge in [-0.1, -0.05) is 18.2 Å². The van der Waals surface area contributed by atoms with Crippen molar-refractivity contribution in [3.8, 4) is 0 Å². The molecule has 0 saturated carbocycles. The van der Waals surface area contributed by atoms with Crippen LogP contribution < -0.4 is 0 Å². The molecule has 0 aliphatic rings. The van der Waals surface area contributed by atoms with E-state index in [1.165, 1.54) is 4.57 Å². The smallest absolute Gasteiger partial charge is 0.359 e. The fourth-order valence-electron chi connectivity index (χ4n) is 1.72. The Labute approximate surface area is 85.7 Å². The summed E-state index contributed by atoms with van der Waals surface area (Å²) in [5.74, 6) is -1.47. The standard InChI is InChI=1S/C11H10FNO2/c1-7-6-8-4-2-3-5-9(8)13(7)10(12)11(14)15/h2-6,10H,1H3,(H,14,15). The van der Waals surface area contributed by atoms with E-state index in [1.54, 1.807) is 25.1 Å². The van der Waals surface area contributed by atoms with Gasteiger partial charge in [0.05, 0.1) is 5.52 Å². The zero-order chi connectivity index (χ0) is 11.0. The van der Waals surface area contributed by atoms with Crippen molar-refractivity contribution >= 4 is 16.9 Å². The molecule has 0 saturated heterocycles. The van der Waals surface area contributed by atoms with Gasteiger partial charge in [-0.2, -0.15) is 0 Å². The number of carbonyl (C=O) groups is 1. The highest BCUT2D eigenvalue weighted by Gasteiger charge is 2.21. The van der Waals surface area contributed by atoms with Crippen molar-refractivity contribution in [1.29, 1.82) is 0 Å². The van der Waals surface area contributed by atoms with Crippen molar-refractivity contribution < 1.29 is 14.3 Å². The Hall–Kier alpha value is -1.84. The first-order chi connectivity index (χ1) is 7.11. The summed E-state index contributed by atoms with van der Waals surface area (Å²) in [4.78, 5) is 10.6. The summed E-state index contributed by atoms with van der Waals surface area (Å²) in [5.41, 5.74) is 1.20. The monoisotopic (exact) mass is 207 g/mol. The second kappa shape index (κ2) is 3.38. The Morgan fingerprint density at radius 1 is 1.47 bits per heavy atom. The lowest BCUT2D eigenvalue weighted by atomic mass is 10.2. The Balaban J connectivity index is 2.68. The second-order valence-electron chi connectivity index (χ2n) is 3.39. The average Bonchev–Trinajstić information content (AvgIpc) is 2.52. The number of fused-ring (bicyclic) bond motifs is 1. The maximum absolute atomic E-state index is 13.4. The van der Waals surface area contributed by atoms with Crippen LogP contribution >= 0.6 is 0 Å². The van der Waals surface area contributed by atoms with Gasteiger partial charge in [0.25, 0.3) is 6.30 Å². The average molecular weight is 207 g/mol. The van der Waals surface area contributed by atoms with Crippen molar-refractivity contribution in [2.75, 3.05) is 0 Å². The molecule has 0 aliphatic heterocycles. The number of aryl methyl sites for hydroxylation is 1. The molecule has 0 fully saturated rings. The second-order valence-corrected chi connectivity index (χ2v) is 3.39. The third-order valence-corrected chi connectivity index (χ3v) is 2.37. The topological polar surface area (TPSA) is 42.2 Å². The Bertz CT molecular complexity index is 518. The van der Waals surface area contributed by atoms with Crippen LogP contribution in [-0.2, 0) is 4.79 Å². The number of alkyl halides is 1. The van der Waals surface area contributed by atoms with Crippen molar-refractivity contribution in [3.05, 3.63) is 36.0 Å². The molecule has 78 valence electrons. The van der Waals surface area contributed by atoms with Crippen LogP contribution in [0.2, 0.25) is 0 Å². The minimum absolute atomic E-state index is 0.602. The van der Waals surface area contributed by atoms with E-state index in [1.807, 2.05) is 12.1 Å². The summed E-state index contributed by atoms with van der Waals surface area (Å²) in [7, 11) is 0. The summed E-state index contributed by atoms with van der Waals surface area (Å²) in [5, 5.41) is 9.49. The van der Waals surface area contributed by atoms with Crippen molar-refractivity contribution in [2.45, 2.75) is 13.2 Å². The molecule has 1 heterocycles. The van der Waals surface area contributed by atoms with Crippen molar-refractivity contribution in [3.63, 3.8) is 0 Å². The first-order valence-electron chi connectivity index (χ1n) is 4.54. The highest BCUT2D eigenvalue weighted by Crippen LogP contribution is 2.24. The van der Waals surface area contributed by atoms with E-state index < -0.39 is 12.3 Å². The summed E-state index contributed by atoms with van der Waals surface area (Å²) in [6, 6.07) is 8.89. The van der Waals surface area contributed by atoms with Gasteiger partial charge < -0.3 is 9.67 Å². The Kier molecular flexibility index (Phi) is 2.19. The number of para-hydroxylation sites is 1. The number of aromatic nitrogens is 1. The molecule has 1 aromatic carbocycles. The number of carboxylic acid groups (broad SMARTS) is 1. The molecule has 0 aliphatic carbocycles. The highest BCUT2D eigenvalue weighted by atomic mass is 19.1. The summed E-state index contributed by atoms with van der Waals surface area (Å²) >= 11 is 0. The van der Waals surface area contributed by atoms with Gasteiger partial charge >= 0.3 is 5.97 Å². The number of nitrogens with zero attached hydrogens (tertiary/aromatic N) is 1. The van der Waals surface area contributed by atoms with Crippen LogP contribution in [0.3, 0.4) is 0 Å². The number of aliphatic carboxylic acids is 1. The van der Waals surface area contributed by atoms with Crippen LogP contribution in [-0.4, -0.2) is 15.6 Å². The van der Waals surface area contributed by atoms with Crippen LogP contribution in [0.25, 0.3) is 10.9 Å². The van der Waals surface area contributed by atoms with Gasteiger partial charge in [-0.25, -0.2) is 9.18 Å². The maximum atomic E-state index is 13.4. The molecule has 1 aromatic heterocycles. The summed E-state index contributed by atoms with van der Waals surface area (Å²) < 4.78 is 14.6. The van der Waals surface area contributed by atoms with E-state index in [0.717, 1.165) is 5.39 Å². The quantitative estimate of drug-likeness (QED) is 0.822. The third kappa shape index (κ3) is 1.48. The first kappa shape index (κ1) is 9.71. The summed E-state index contributed by atoms with van der Waals surface area (Å²) in [6.45, 7) is 1.69. The lowest BCUT2D eigenvalue weighted by Crippen LogP contribution is -2.15. The van der Waals surface area contributed by atoms with E-state index >= 15 is 0 Å². The fraction of sp³-hybridized carbons (Fsp3) is 0.182. The molecule has 1 N–H and O–H groups in total. The molecule has 0 spiro atoms. The molecule has 0 radical (unpaired) electrons. The van der Waals surface area contributed by atoms with Crippen LogP contribution in [0.1, 0.15) is 12.0 Å². The first-order valence-corrected chi connectivity index (χ1v) is 4.54. The molecular weight excluding hydrogens is 197 g/mol. The molecule has 3 nitrogen and oxygen atoms in total. The van der Waals surface area contributed by atoms with Gasteiger partial charge in [0, 0.05) is 5.69 Å². The number of carboxylic acids is 1. The molecule has 0 amide bonds. The van der Waals surface area contributed by atoms with Gasteiger partial charge in [0.2, 0.25) is 0 Å². The molecule has 0 bridgehead atoms. The molecular formula is C11H10FNO2.